The third kappa shape index (κ3) is 3.90. The Bertz CT molecular complexity index is 1130. The second kappa shape index (κ2) is 9.04. The van der Waals surface area contributed by atoms with E-state index in [0.29, 0.717) is 36.7 Å². The quantitative estimate of drug-likeness (QED) is 0.590. The molecular weight excluding hydrogens is 378 g/mol. The molecule has 3 heterocycles. The molecule has 0 bridgehead atoms. The molecule has 0 radical (unpaired) electrons. The highest BCUT2D eigenvalue weighted by molar-refractivity contribution is 5.74. The van der Waals surface area contributed by atoms with Gasteiger partial charge in [0.15, 0.2) is 11.2 Å². The highest BCUT2D eigenvalue weighted by atomic mass is 16.5. The molecule has 0 unspecified atom stereocenters. The van der Waals surface area contributed by atoms with Gasteiger partial charge in [-0.05, 0) is 38.2 Å². The van der Waals surface area contributed by atoms with E-state index in [0.717, 1.165) is 37.4 Å². The number of hydrogen-bond donors (Lipinski definition) is 0. The number of anilines is 1. The van der Waals surface area contributed by atoms with Gasteiger partial charge in [0.25, 0.3) is 5.56 Å². The molecule has 30 heavy (non-hydrogen) atoms. The molecule has 1 fully saturated rings. The Hall–Kier alpha value is -3.27. The highest BCUT2D eigenvalue weighted by Crippen LogP contribution is 2.24. The number of aryl methyl sites for hydroxylation is 1. The summed E-state index contributed by atoms with van der Waals surface area (Å²) in [6.45, 7) is 4.57. The van der Waals surface area contributed by atoms with Crippen LogP contribution in [0.5, 0.6) is 6.01 Å². The fourth-order valence-corrected chi connectivity index (χ4v) is 3.97. The van der Waals surface area contributed by atoms with Crippen molar-refractivity contribution in [3.05, 3.63) is 46.2 Å². The summed E-state index contributed by atoms with van der Waals surface area (Å²) in [5, 5.41) is 0. The van der Waals surface area contributed by atoms with Crippen LogP contribution in [0.4, 0.5) is 5.95 Å². The van der Waals surface area contributed by atoms with Crippen molar-refractivity contribution in [2.24, 2.45) is 0 Å². The number of benzene rings is 1. The van der Waals surface area contributed by atoms with Crippen molar-refractivity contribution in [3.63, 3.8) is 0 Å². The first-order valence-electron chi connectivity index (χ1n) is 10.5. The van der Waals surface area contributed by atoms with E-state index in [-0.39, 0.29) is 5.56 Å². The number of methoxy groups -OCH3 is 1. The molecule has 1 aliphatic heterocycles. The number of imidazole rings is 1. The van der Waals surface area contributed by atoms with Gasteiger partial charge in [-0.15, -0.1) is 5.92 Å². The standard InChI is InChI=1S/C23H27N5O2/c1-3-4-16-27-19-20(24-22(27)26-14-9-6-10-15-26)25-23(30-2)28(21(19)29)17-13-18-11-7-5-8-12-18/h5,7-8,11-12H,6,9-10,13-17H2,1-2H3. The number of piperidine rings is 1. The minimum Gasteiger partial charge on any atom is -0.468 e. The van der Waals surface area contributed by atoms with Crippen LogP contribution >= 0.6 is 0 Å². The predicted molar refractivity (Wildman–Crippen MR) is 118 cm³/mol. The van der Waals surface area contributed by atoms with Crippen molar-refractivity contribution in [1.82, 2.24) is 19.1 Å². The average Bonchev–Trinajstić information content (AvgIpc) is 3.16. The van der Waals surface area contributed by atoms with E-state index in [1.807, 2.05) is 22.8 Å². The highest BCUT2D eigenvalue weighted by Gasteiger charge is 2.23. The van der Waals surface area contributed by atoms with Gasteiger partial charge in [-0.25, -0.2) is 0 Å². The Kier molecular flexibility index (Phi) is 6.03. The van der Waals surface area contributed by atoms with Gasteiger partial charge in [0.2, 0.25) is 5.95 Å². The smallest absolute Gasteiger partial charge is 0.301 e. The van der Waals surface area contributed by atoms with Crippen molar-refractivity contribution in [3.8, 4) is 17.9 Å². The molecular formula is C23H27N5O2. The molecule has 0 amide bonds. The van der Waals surface area contributed by atoms with E-state index in [1.54, 1.807) is 11.5 Å². The van der Waals surface area contributed by atoms with Crippen molar-refractivity contribution >= 4 is 17.1 Å². The van der Waals surface area contributed by atoms with Crippen molar-refractivity contribution in [2.45, 2.75) is 45.7 Å². The zero-order chi connectivity index (χ0) is 20.9. The lowest BCUT2D eigenvalue weighted by Crippen LogP contribution is -2.32. The summed E-state index contributed by atoms with van der Waals surface area (Å²) in [7, 11) is 1.54. The molecule has 0 spiro atoms. The van der Waals surface area contributed by atoms with Gasteiger partial charge in [-0.1, -0.05) is 36.3 Å². The molecule has 1 aliphatic rings. The number of rotatable bonds is 6. The zero-order valence-corrected chi connectivity index (χ0v) is 17.6. The summed E-state index contributed by atoms with van der Waals surface area (Å²) in [6.07, 6.45) is 4.19. The Morgan fingerprint density at radius 1 is 1.07 bits per heavy atom. The first-order valence-corrected chi connectivity index (χ1v) is 10.5. The van der Waals surface area contributed by atoms with E-state index in [1.165, 1.54) is 13.5 Å². The van der Waals surface area contributed by atoms with Crippen molar-refractivity contribution in [2.75, 3.05) is 25.1 Å². The number of aromatic nitrogens is 4. The number of nitrogens with zero attached hydrogens (tertiary/aromatic N) is 5. The van der Waals surface area contributed by atoms with Crippen LogP contribution in [0.25, 0.3) is 11.2 Å². The molecule has 0 aliphatic carbocycles. The fraction of sp³-hybridized carbons (Fsp3) is 0.435. The number of ether oxygens (including phenoxy) is 1. The summed E-state index contributed by atoms with van der Waals surface area (Å²) >= 11 is 0. The molecule has 0 saturated carbocycles. The van der Waals surface area contributed by atoms with Crippen LogP contribution in [-0.4, -0.2) is 39.3 Å². The molecule has 3 aromatic rings. The van der Waals surface area contributed by atoms with E-state index in [2.05, 4.69) is 33.9 Å². The largest absolute Gasteiger partial charge is 0.468 e. The molecule has 2 aromatic heterocycles. The average molecular weight is 406 g/mol. The lowest BCUT2D eigenvalue weighted by atomic mass is 10.1. The molecule has 7 nitrogen and oxygen atoms in total. The lowest BCUT2D eigenvalue weighted by molar-refractivity contribution is 0.348. The molecule has 0 atom stereocenters. The first-order chi connectivity index (χ1) is 14.7. The summed E-state index contributed by atoms with van der Waals surface area (Å²) in [6, 6.07) is 10.4. The van der Waals surface area contributed by atoms with E-state index >= 15 is 0 Å². The summed E-state index contributed by atoms with van der Waals surface area (Å²) < 4.78 is 8.99. The Labute approximate surface area is 176 Å². The van der Waals surface area contributed by atoms with Gasteiger partial charge in [0.05, 0.1) is 13.7 Å². The van der Waals surface area contributed by atoms with Gasteiger partial charge in [-0.3, -0.25) is 13.9 Å². The van der Waals surface area contributed by atoms with Gasteiger partial charge >= 0.3 is 6.01 Å². The normalized spacial score (nSPS) is 13.9. The maximum absolute atomic E-state index is 13.5. The molecule has 7 heteroatoms. The summed E-state index contributed by atoms with van der Waals surface area (Å²) in [5.74, 6) is 6.81. The van der Waals surface area contributed by atoms with Gasteiger partial charge in [0.1, 0.15) is 0 Å². The summed E-state index contributed by atoms with van der Waals surface area (Å²) in [4.78, 5) is 25.1. The number of hydrogen-bond acceptors (Lipinski definition) is 5. The van der Waals surface area contributed by atoms with Crippen LogP contribution in [0.2, 0.25) is 0 Å². The van der Waals surface area contributed by atoms with Crippen LogP contribution in [0.15, 0.2) is 35.1 Å². The van der Waals surface area contributed by atoms with Crippen molar-refractivity contribution in [1.29, 1.82) is 0 Å². The molecule has 4 rings (SSSR count). The molecule has 156 valence electrons. The maximum Gasteiger partial charge on any atom is 0.301 e. The van der Waals surface area contributed by atoms with Crippen LogP contribution in [-0.2, 0) is 19.5 Å². The van der Waals surface area contributed by atoms with Gasteiger partial charge in [-0.2, -0.15) is 9.97 Å². The summed E-state index contributed by atoms with van der Waals surface area (Å²) in [5.41, 5.74) is 1.94. The topological polar surface area (TPSA) is 65.2 Å². The van der Waals surface area contributed by atoms with E-state index in [4.69, 9.17) is 9.72 Å². The molecule has 1 aromatic carbocycles. The van der Waals surface area contributed by atoms with E-state index < -0.39 is 0 Å². The second-order valence-electron chi connectivity index (χ2n) is 7.44. The SMILES string of the molecule is CC#CCn1c(N2CCCCC2)nc2nc(OC)n(CCc3ccccc3)c(=O)c21. The maximum atomic E-state index is 13.5. The van der Waals surface area contributed by atoms with Crippen LogP contribution in [0.1, 0.15) is 31.7 Å². The van der Waals surface area contributed by atoms with Gasteiger partial charge in [0, 0.05) is 19.6 Å². The van der Waals surface area contributed by atoms with Gasteiger partial charge < -0.3 is 9.64 Å². The molecule has 0 N–H and O–H groups in total. The fourth-order valence-electron chi connectivity index (χ4n) is 3.97. The first kappa shape index (κ1) is 20.0. The number of fused-ring (bicyclic) bond motifs is 1. The minimum atomic E-state index is -0.138. The van der Waals surface area contributed by atoms with Crippen LogP contribution in [0.3, 0.4) is 0 Å². The third-order valence-corrected chi connectivity index (χ3v) is 5.51. The lowest BCUT2D eigenvalue weighted by Gasteiger charge is -2.27. The van der Waals surface area contributed by atoms with Crippen LogP contribution in [0, 0.1) is 11.8 Å². The molecule has 1 saturated heterocycles. The Balaban J connectivity index is 1.81. The Morgan fingerprint density at radius 2 is 1.83 bits per heavy atom. The van der Waals surface area contributed by atoms with E-state index in [9.17, 15) is 4.79 Å². The second-order valence-corrected chi connectivity index (χ2v) is 7.44. The monoisotopic (exact) mass is 405 g/mol. The van der Waals surface area contributed by atoms with Crippen molar-refractivity contribution < 1.29 is 4.74 Å². The van der Waals surface area contributed by atoms with Crippen LogP contribution < -0.4 is 15.2 Å². The Morgan fingerprint density at radius 3 is 2.53 bits per heavy atom. The third-order valence-electron chi connectivity index (χ3n) is 5.51. The zero-order valence-electron chi connectivity index (χ0n) is 17.6. The minimum absolute atomic E-state index is 0.138. The predicted octanol–water partition coefficient (Wildman–Crippen LogP) is 2.86.